The average molecular weight is 281 g/mol. The zero-order valence-electron chi connectivity index (χ0n) is 11.6. The number of fused-ring (bicyclic) bond motifs is 1. The fraction of sp³-hybridized carbons (Fsp3) is 0.118. The lowest BCUT2D eigenvalue weighted by molar-refractivity contribution is 0.0699. The molecule has 4 heteroatoms. The molecule has 0 bridgehead atoms. The number of rotatable bonds is 4. The molecule has 106 valence electrons. The van der Waals surface area contributed by atoms with Gasteiger partial charge in [0, 0.05) is 23.6 Å². The summed E-state index contributed by atoms with van der Waals surface area (Å²) in [6, 6.07) is 15.0. The van der Waals surface area contributed by atoms with Gasteiger partial charge in [0.1, 0.15) is 5.75 Å². The van der Waals surface area contributed by atoms with E-state index in [-0.39, 0.29) is 0 Å². The summed E-state index contributed by atoms with van der Waals surface area (Å²) < 4.78 is 7.26. The Morgan fingerprint density at radius 1 is 1.19 bits per heavy atom. The van der Waals surface area contributed by atoms with Crippen LogP contribution in [0.2, 0.25) is 0 Å². The first-order chi connectivity index (χ1) is 10.2. The van der Waals surface area contributed by atoms with E-state index in [1.54, 1.807) is 19.2 Å². The van der Waals surface area contributed by atoms with Gasteiger partial charge in [-0.3, -0.25) is 0 Å². The Morgan fingerprint density at radius 3 is 2.76 bits per heavy atom. The molecule has 1 aromatic heterocycles. The van der Waals surface area contributed by atoms with Crippen LogP contribution in [0.15, 0.2) is 54.7 Å². The van der Waals surface area contributed by atoms with Crippen molar-refractivity contribution < 1.29 is 14.6 Å². The van der Waals surface area contributed by atoms with Crippen molar-refractivity contribution in [3.8, 4) is 5.75 Å². The van der Waals surface area contributed by atoms with E-state index >= 15 is 0 Å². The Bertz CT molecular complexity index is 805. The summed E-state index contributed by atoms with van der Waals surface area (Å²) in [5, 5.41) is 9.98. The molecule has 1 N–H and O–H groups in total. The number of carbonyl (C=O) groups is 1. The van der Waals surface area contributed by atoms with Gasteiger partial charge in [0.05, 0.1) is 12.7 Å². The fourth-order valence-electron chi connectivity index (χ4n) is 2.52. The van der Waals surface area contributed by atoms with Gasteiger partial charge in [-0.15, -0.1) is 0 Å². The van der Waals surface area contributed by atoms with Crippen LogP contribution in [-0.4, -0.2) is 22.8 Å². The van der Waals surface area contributed by atoms with Crippen LogP contribution >= 0.6 is 0 Å². The lowest BCUT2D eigenvalue weighted by Gasteiger charge is -2.08. The number of carboxylic acid groups (broad SMARTS) is 1. The predicted octanol–water partition coefficient (Wildman–Crippen LogP) is 3.40. The molecule has 2 aromatic carbocycles. The Morgan fingerprint density at radius 2 is 2.00 bits per heavy atom. The summed E-state index contributed by atoms with van der Waals surface area (Å²) in [5.74, 6) is -0.0880. The van der Waals surface area contributed by atoms with Crippen LogP contribution in [0.1, 0.15) is 15.9 Å². The number of nitrogens with zero attached hydrogens (tertiary/aromatic N) is 1. The fourth-order valence-corrected chi connectivity index (χ4v) is 2.52. The molecule has 0 radical (unpaired) electrons. The standard InChI is InChI=1S/C17H15NO3/c1-21-13-5-2-4-12(10-13)11-18-9-8-14-15(17(19)20)6-3-7-16(14)18/h2-10H,11H2,1H3,(H,19,20). The highest BCUT2D eigenvalue weighted by Crippen LogP contribution is 2.22. The SMILES string of the molecule is COc1cccc(Cn2ccc3c(C(=O)O)cccc32)c1. The van der Waals surface area contributed by atoms with Gasteiger partial charge in [-0.1, -0.05) is 18.2 Å². The Kier molecular flexibility index (Phi) is 3.36. The van der Waals surface area contributed by atoms with Crippen LogP contribution in [-0.2, 0) is 6.54 Å². The van der Waals surface area contributed by atoms with Gasteiger partial charge < -0.3 is 14.4 Å². The quantitative estimate of drug-likeness (QED) is 0.797. The van der Waals surface area contributed by atoms with E-state index in [9.17, 15) is 9.90 Å². The molecule has 0 amide bonds. The van der Waals surface area contributed by atoms with Gasteiger partial charge in [-0.2, -0.15) is 0 Å². The summed E-state index contributed by atoms with van der Waals surface area (Å²) in [7, 11) is 1.64. The monoisotopic (exact) mass is 281 g/mol. The maximum atomic E-state index is 11.2. The topological polar surface area (TPSA) is 51.5 Å². The van der Waals surface area contributed by atoms with Crippen LogP contribution < -0.4 is 4.74 Å². The molecule has 3 aromatic rings. The van der Waals surface area contributed by atoms with Crippen molar-refractivity contribution in [2.24, 2.45) is 0 Å². The van der Waals surface area contributed by atoms with Crippen molar-refractivity contribution in [1.29, 1.82) is 0 Å². The first kappa shape index (κ1) is 13.2. The third-order valence-electron chi connectivity index (χ3n) is 3.53. The molecule has 0 aliphatic carbocycles. The first-order valence-electron chi connectivity index (χ1n) is 6.63. The number of aromatic carboxylic acids is 1. The van der Waals surface area contributed by atoms with Crippen LogP contribution in [0.5, 0.6) is 5.75 Å². The molecule has 0 aliphatic heterocycles. The summed E-state index contributed by atoms with van der Waals surface area (Å²) in [6.07, 6.45) is 1.91. The minimum atomic E-state index is -0.903. The van der Waals surface area contributed by atoms with Crippen molar-refractivity contribution in [2.75, 3.05) is 7.11 Å². The second-order valence-corrected chi connectivity index (χ2v) is 4.84. The highest BCUT2D eigenvalue weighted by molar-refractivity contribution is 6.02. The zero-order valence-corrected chi connectivity index (χ0v) is 11.6. The first-order valence-corrected chi connectivity index (χ1v) is 6.63. The summed E-state index contributed by atoms with van der Waals surface area (Å²) in [4.78, 5) is 11.2. The molecule has 0 spiro atoms. The van der Waals surface area contributed by atoms with Crippen LogP contribution in [0, 0.1) is 0 Å². The van der Waals surface area contributed by atoms with Gasteiger partial charge in [0.15, 0.2) is 0 Å². The molecule has 3 rings (SSSR count). The van der Waals surface area contributed by atoms with Gasteiger partial charge in [-0.25, -0.2) is 4.79 Å². The predicted molar refractivity (Wildman–Crippen MR) is 81.0 cm³/mol. The average Bonchev–Trinajstić information content (AvgIpc) is 2.90. The minimum absolute atomic E-state index is 0.330. The molecule has 0 unspecified atom stereocenters. The number of hydrogen-bond acceptors (Lipinski definition) is 2. The van der Waals surface area contributed by atoms with E-state index in [0.29, 0.717) is 12.1 Å². The molecule has 0 fully saturated rings. The third kappa shape index (κ3) is 2.48. The number of hydrogen-bond donors (Lipinski definition) is 1. The molecule has 0 atom stereocenters. The van der Waals surface area contributed by atoms with E-state index in [2.05, 4.69) is 0 Å². The summed E-state index contributed by atoms with van der Waals surface area (Å²) >= 11 is 0. The Hall–Kier alpha value is -2.75. The van der Waals surface area contributed by atoms with Gasteiger partial charge in [0.2, 0.25) is 0 Å². The number of ether oxygens (including phenoxy) is 1. The second-order valence-electron chi connectivity index (χ2n) is 4.84. The lowest BCUT2D eigenvalue weighted by Crippen LogP contribution is -2.00. The van der Waals surface area contributed by atoms with E-state index in [4.69, 9.17) is 4.74 Å². The molecule has 1 heterocycles. The van der Waals surface area contributed by atoms with Gasteiger partial charge in [-0.05, 0) is 35.9 Å². The van der Waals surface area contributed by atoms with Gasteiger partial charge in [0.25, 0.3) is 0 Å². The molecule has 21 heavy (non-hydrogen) atoms. The minimum Gasteiger partial charge on any atom is -0.497 e. The zero-order chi connectivity index (χ0) is 14.8. The molecule has 0 aliphatic rings. The maximum absolute atomic E-state index is 11.2. The van der Waals surface area contributed by atoms with E-state index in [1.807, 2.05) is 47.2 Å². The van der Waals surface area contributed by atoms with Crippen LogP contribution in [0.25, 0.3) is 10.9 Å². The van der Waals surface area contributed by atoms with Crippen molar-refractivity contribution in [2.45, 2.75) is 6.54 Å². The largest absolute Gasteiger partial charge is 0.497 e. The summed E-state index contributed by atoms with van der Waals surface area (Å²) in [6.45, 7) is 0.670. The summed E-state index contributed by atoms with van der Waals surface area (Å²) in [5.41, 5.74) is 2.35. The van der Waals surface area contributed by atoms with E-state index < -0.39 is 5.97 Å². The molecule has 4 nitrogen and oxygen atoms in total. The number of methoxy groups -OCH3 is 1. The lowest BCUT2D eigenvalue weighted by atomic mass is 10.1. The highest BCUT2D eigenvalue weighted by atomic mass is 16.5. The molecule has 0 saturated carbocycles. The van der Waals surface area contributed by atoms with Crippen LogP contribution in [0.3, 0.4) is 0 Å². The number of carboxylic acids is 1. The normalized spacial score (nSPS) is 10.7. The van der Waals surface area contributed by atoms with Crippen molar-refractivity contribution in [3.63, 3.8) is 0 Å². The van der Waals surface area contributed by atoms with Gasteiger partial charge >= 0.3 is 5.97 Å². The van der Waals surface area contributed by atoms with Crippen molar-refractivity contribution in [3.05, 3.63) is 65.9 Å². The Labute approximate surface area is 122 Å². The van der Waals surface area contributed by atoms with E-state index in [1.165, 1.54) is 0 Å². The maximum Gasteiger partial charge on any atom is 0.336 e. The Balaban J connectivity index is 2.01. The number of aromatic nitrogens is 1. The highest BCUT2D eigenvalue weighted by Gasteiger charge is 2.10. The number of benzene rings is 2. The molecular formula is C17H15NO3. The molecule has 0 saturated heterocycles. The third-order valence-corrected chi connectivity index (χ3v) is 3.53. The second kappa shape index (κ2) is 5.32. The smallest absolute Gasteiger partial charge is 0.336 e. The van der Waals surface area contributed by atoms with E-state index in [0.717, 1.165) is 22.2 Å². The van der Waals surface area contributed by atoms with Crippen LogP contribution in [0.4, 0.5) is 0 Å². The van der Waals surface area contributed by atoms with Crippen molar-refractivity contribution in [1.82, 2.24) is 4.57 Å². The van der Waals surface area contributed by atoms with Crippen molar-refractivity contribution >= 4 is 16.9 Å². The molecular weight excluding hydrogens is 266 g/mol.